The highest BCUT2D eigenvalue weighted by Gasteiger charge is 2.21. The zero-order valence-electron chi connectivity index (χ0n) is 18.5. The van der Waals surface area contributed by atoms with Crippen LogP contribution in [0.3, 0.4) is 0 Å². The fourth-order valence-corrected chi connectivity index (χ4v) is 3.34. The molecule has 2 aliphatic rings. The fourth-order valence-electron chi connectivity index (χ4n) is 3.34. The van der Waals surface area contributed by atoms with Crippen molar-refractivity contribution in [1.29, 1.82) is 0 Å². The van der Waals surface area contributed by atoms with E-state index in [0.717, 1.165) is 71.2 Å². The van der Waals surface area contributed by atoms with Gasteiger partial charge in [0.05, 0.1) is 19.3 Å². The Morgan fingerprint density at radius 1 is 1.28 bits per heavy atom. The summed E-state index contributed by atoms with van der Waals surface area (Å²) in [6, 6.07) is 0.378. The van der Waals surface area contributed by atoms with Gasteiger partial charge in [-0.1, -0.05) is 0 Å². The minimum atomic E-state index is 0. The molecule has 0 aromatic heterocycles. The number of likely N-dealkylation sites (tertiary alicyclic amines) is 1. The van der Waals surface area contributed by atoms with Crippen molar-refractivity contribution < 1.29 is 14.3 Å². The molecule has 1 amide bonds. The van der Waals surface area contributed by atoms with Crippen molar-refractivity contribution in [3.05, 3.63) is 0 Å². The Balaban J connectivity index is 0.00000420. The van der Waals surface area contributed by atoms with Crippen molar-refractivity contribution in [3.8, 4) is 0 Å². The van der Waals surface area contributed by atoms with E-state index in [1.54, 1.807) is 19.0 Å². The van der Waals surface area contributed by atoms with Gasteiger partial charge in [0, 0.05) is 58.8 Å². The highest BCUT2D eigenvalue weighted by atomic mass is 127. The van der Waals surface area contributed by atoms with Crippen molar-refractivity contribution in [2.75, 3.05) is 66.6 Å². The van der Waals surface area contributed by atoms with Crippen LogP contribution in [0, 0.1) is 5.92 Å². The number of aliphatic imine (C=N–C) groups is 1. The van der Waals surface area contributed by atoms with Gasteiger partial charge in [-0.15, -0.1) is 24.0 Å². The van der Waals surface area contributed by atoms with Crippen molar-refractivity contribution in [1.82, 2.24) is 20.4 Å². The topological polar surface area (TPSA) is 78.4 Å². The molecule has 1 atom stereocenters. The molecule has 2 fully saturated rings. The van der Waals surface area contributed by atoms with Crippen molar-refractivity contribution in [2.45, 2.75) is 45.3 Å². The van der Waals surface area contributed by atoms with Crippen molar-refractivity contribution in [3.63, 3.8) is 0 Å². The third-order valence-electron chi connectivity index (χ3n) is 5.24. The van der Waals surface area contributed by atoms with Crippen LogP contribution in [0.2, 0.25) is 0 Å². The highest BCUT2D eigenvalue weighted by molar-refractivity contribution is 14.0. The van der Waals surface area contributed by atoms with Crippen molar-refractivity contribution >= 4 is 35.8 Å². The number of likely N-dealkylation sites (N-methyl/N-ethyl adjacent to an activating group) is 1. The maximum Gasteiger partial charge on any atom is 0.243 e. The fraction of sp³-hybridized carbons (Fsp3) is 0.900. The largest absolute Gasteiger partial charge is 0.381 e. The molecular formula is C20H40IN5O3. The number of guanidine groups is 1. The molecule has 0 aromatic carbocycles. The molecule has 2 rings (SSSR count). The SMILES string of the molecule is CC(C)OCCN1CCC(NC(=NCC(=O)N(C)C)NCC2CCOC2)CC1.I. The minimum absolute atomic E-state index is 0. The average molecular weight is 525 g/mol. The number of hydrogen-bond donors (Lipinski definition) is 2. The Morgan fingerprint density at radius 2 is 2.00 bits per heavy atom. The summed E-state index contributed by atoms with van der Waals surface area (Å²) in [7, 11) is 3.51. The van der Waals surface area contributed by atoms with Gasteiger partial charge >= 0.3 is 0 Å². The first kappa shape index (κ1) is 26.4. The molecule has 8 nitrogen and oxygen atoms in total. The van der Waals surface area contributed by atoms with E-state index in [1.807, 2.05) is 0 Å². The number of carbonyl (C=O) groups is 1. The lowest BCUT2D eigenvalue weighted by atomic mass is 10.1. The number of halogens is 1. The Kier molecular flexibility index (Phi) is 13.1. The molecule has 29 heavy (non-hydrogen) atoms. The predicted molar refractivity (Wildman–Crippen MR) is 127 cm³/mol. The standard InChI is InChI=1S/C20H39N5O3.HI/c1-16(2)28-12-10-25-8-5-18(6-9-25)23-20(22-14-19(26)24(3)4)21-13-17-7-11-27-15-17;/h16-18H,5-15H2,1-4H3,(H2,21,22,23);1H. The lowest BCUT2D eigenvalue weighted by Gasteiger charge is -2.33. The van der Waals surface area contributed by atoms with Crippen LogP contribution in [0.4, 0.5) is 0 Å². The smallest absolute Gasteiger partial charge is 0.243 e. The lowest BCUT2D eigenvalue weighted by Crippen LogP contribution is -2.50. The Hall–Kier alpha value is -0.650. The molecule has 0 aromatic rings. The molecule has 0 spiro atoms. The predicted octanol–water partition coefficient (Wildman–Crippen LogP) is 1.15. The van der Waals surface area contributed by atoms with E-state index in [2.05, 4.69) is 34.4 Å². The number of piperidine rings is 1. The number of carbonyl (C=O) groups excluding carboxylic acids is 1. The van der Waals surface area contributed by atoms with Gasteiger partial charge in [0.1, 0.15) is 6.54 Å². The lowest BCUT2D eigenvalue weighted by molar-refractivity contribution is -0.127. The van der Waals surface area contributed by atoms with E-state index >= 15 is 0 Å². The Morgan fingerprint density at radius 3 is 2.59 bits per heavy atom. The summed E-state index contributed by atoms with van der Waals surface area (Å²) in [6.07, 6.45) is 3.50. The molecule has 9 heteroatoms. The van der Waals surface area contributed by atoms with Gasteiger partial charge in [-0.25, -0.2) is 4.99 Å². The Labute approximate surface area is 193 Å². The summed E-state index contributed by atoms with van der Waals surface area (Å²) in [4.78, 5) is 20.5. The Bertz CT molecular complexity index is 491. The van der Waals surface area contributed by atoms with Crippen LogP contribution < -0.4 is 10.6 Å². The second-order valence-corrected chi connectivity index (χ2v) is 8.24. The maximum atomic E-state index is 11.9. The molecule has 0 aliphatic carbocycles. The van der Waals surface area contributed by atoms with Gasteiger partial charge in [-0.3, -0.25) is 4.79 Å². The third kappa shape index (κ3) is 10.8. The van der Waals surface area contributed by atoms with Crippen LogP contribution in [0.25, 0.3) is 0 Å². The van der Waals surface area contributed by atoms with E-state index in [-0.39, 0.29) is 36.4 Å². The summed E-state index contributed by atoms with van der Waals surface area (Å²) in [5, 5.41) is 6.95. The number of nitrogens with one attached hydrogen (secondary N) is 2. The number of nitrogens with zero attached hydrogens (tertiary/aromatic N) is 3. The number of ether oxygens (including phenoxy) is 2. The molecule has 2 aliphatic heterocycles. The average Bonchev–Trinajstić information content (AvgIpc) is 3.18. The first-order valence-electron chi connectivity index (χ1n) is 10.6. The molecule has 2 N–H and O–H groups in total. The number of rotatable bonds is 9. The molecular weight excluding hydrogens is 485 g/mol. The summed E-state index contributed by atoms with van der Waals surface area (Å²) in [5.74, 6) is 1.26. The monoisotopic (exact) mass is 525 g/mol. The molecule has 170 valence electrons. The summed E-state index contributed by atoms with van der Waals surface area (Å²) >= 11 is 0. The van der Waals surface area contributed by atoms with Gasteiger partial charge in [0.2, 0.25) is 5.91 Å². The van der Waals surface area contributed by atoms with Gasteiger partial charge in [0.15, 0.2) is 5.96 Å². The molecule has 0 radical (unpaired) electrons. The van der Waals surface area contributed by atoms with Crippen LogP contribution in [-0.2, 0) is 14.3 Å². The second kappa shape index (κ2) is 14.4. The van der Waals surface area contributed by atoms with Crippen LogP contribution >= 0.6 is 24.0 Å². The van der Waals surface area contributed by atoms with Crippen LogP contribution in [0.1, 0.15) is 33.1 Å². The van der Waals surface area contributed by atoms with Crippen LogP contribution in [0.15, 0.2) is 4.99 Å². The normalized spacial score (nSPS) is 21.1. The van der Waals surface area contributed by atoms with Gasteiger partial charge in [0.25, 0.3) is 0 Å². The van der Waals surface area contributed by atoms with E-state index in [4.69, 9.17) is 9.47 Å². The zero-order valence-corrected chi connectivity index (χ0v) is 20.8. The summed E-state index contributed by atoms with van der Waals surface area (Å²) < 4.78 is 11.1. The molecule has 2 saturated heterocycles. The van der Waals surface area contributed by atoms with E-state index in [0.29, 0.717) is 18.1 Å². The molecule has 1 unspecified atom stereocenters. The molecule has 0 saturated carbocycles. The quantitative estimate of drug-likeness (QED) is 0.267. The van der Waals surface area contributed by atoms with Crippen LogP contribution in [-0.4, -0.2) is 100 Å². The zero-order chi connectivity index (χ0) is 20.4. The van der Waals surface area contributed by atoms with E-state index in [1.165, 1.54) is 0 Å². The van der Waals surface area contributed by atoms with Gasteiger partial charge < -0.3 is 29.9 Å². The minimum Gasteiger partial charge on any atom is -0.381 e. The number of amides is 1. The highest BCUT2D eigenvalue weighted by Crippen LogP contribution is 2.12. The van der Waals surface area contributed by atoms with E-state index in [9.17, 15) is 4.79 Å². The van der Waals surface area contributed by atoms with Gasteiger partial charge in [-0.05, 0) is 33.1 Å². The summed E-state index contributed by atoms with van der Waals surface area (Å²) in [6.45, 7) is 10.7. The second-order valence-electron chi connectivity index (χ2n) is 8.24. The van der Waals surface area contributed by atoms with E-state index < -0.39 is 0 Å². The summed E-state index contributed by atoms with van der Waals surface area (Å²) in [5.41, 5.74) is 0. The molecule has 0 bridgehead atoms. The van der Waals surface area contributed by atoms with Crippen LogP contribution in [0.5, 0.6) is 0 Å². The third-order valence-corrected chi connectivity index (χ3v) is 5.24. The number of hydrogen-bond acceptors (Lipinski definition) is 5. The molecule has 2 heterocycles. The van der Waals surface area contributed by atoms with Crippen molar-refractivity contribution in [2.24, 2.45) is 10.9 Å². The maximum absolute atomic E-state index is 11.9. The first-order chi connectivity index (χ1) is 13.4. The first-order valence-corrected chi connectivity index (χ1v) is 10.6. The van der Waals surface area contributed by atoms with Gasteiger partial charge in [-0.2, -0.15) is 0 Å².